The van der Waals surface area contributed by atoms with Gasteiger partial charge in [0.05, 0.1) is 6.61 Å². The number of carbonyl (C=O) groups excluding carboxylic acids is 1. The summed E-state index contributed by atoms with van der Waals surface area (Å²) >= 11 is 4.13. The molecule has 0 saturated heterocycles. The number of aliphatic hydroxyl groups excluding tert-OH is 1. The lowest BCUT2D eigenvalue weighted by atomic mass is 10.2. The molecule has 0 saturated carbocycles. The molecule has 1 N–H and O–H groups in total. The van der Waals surface area contributed by atoms with Gasteiger partial charge in [-0.05, 0) is 24.3 Å². The minimum Gasteiger partial charge on any atom is -0.395 e. The summed E-state index contributed by atoms with van der Waals surface area (Å²) in [5.74, 6) is -0.0904. The zero-order chi connectivity index (χ0) is 10.6. The van der Waals surface area contributed by atoms with Gasteiger partial charge in [0.1, 0.15) is 0 Å². The Morgan fingerprint density at radius 1 is 1.43 bits per heavy atom. The molecule has 76 valence electrons. The summed E-state index contributed by atoms with van der Waals surface area (Å²) in [4.78, 5) is 13.9. The van der Waals surface area contributed by atoms with Gasteiger partial charge in [-0.15, -0.1) is 12.6 Å². The Labute approximate surface area is 88.8 Å². The number of benzene rings is 1. The first-order chi connectivity index (χ1) is 6.65. The number of likely N-dealkylation sites (N-methyl/N-ethyl adjacent to an activating group) is 1. The van der Waals surface area contributed by atoms with Crippen LogP contribution >= 0.6 is 12.6 Å². The van der Waals surface area contributed by atoms with Gasteiger partial charge >= 0.3 is 0 Å². The molecule has 0 aliphatic heterocycles. The summed E-state index contributed by atoms with van der Waals surface area (Å²) in [7, 11) is 1.66. The molecule has 0 unspecified atom stereocenters. The van der Waals surface area contributed by atoms with Gasteiger partial charge in [-0.25, -0.2) is 0 Å². The van der Waals surface area contributed by atoms with Crippen molar-refractivity contribution in [2.24, 2.45) is 0 Å². The molecule has 0 spiro atoms. The molecule has 1 aromatic carbocycles. The van der Waals surface area contributed by atoms with Crippen molar-refractivity contribution in [1.82, 2.24) is 4.90 Å². The predicted octanol–water partition coefficient (Wildman–Crippen LogP) is 1.04. The lowest BCUT2D eigenvalue weighted by molar-refractivity contribution is 0.0767. The maximum absolute atomic E-state index is 11.6. The fourth-order valence-corrected chi connectivity index (χ4v) is 1.23. The molecule has 0 atom stereocenters. The summed E-state index contributed by atoms with van der Waals surface area (Å²) < 4.78 is 0. The van der Waals surface area contributed by atoms with Gasteiger partial charge < -0.3 is 10.0 Å². The minimum atomic E-state index is -0.0904. The molecule has 4 heteroatoms. The molecule has 0 heterocycles. The van der Waals surface area contributed by atoms with E-state index < -0.39 is 0 Å². The lowest BCUT2D eigenvalue weighted by Gasteiger charge is -2.15. The van der Waals surface area contributed by atoms with Crippen LogP contribution in [0.4, 0.5) is 0 Å². The first-order valence-electron chi connectivity index (χ1n) is 4.30. The van der Waals surface area contributed by atoms with E-state index in [1.54, 1.807) is 31.3 Å². The summed E-state index contributed by atoms with van der Waals surface area (Å²) in [6.45, 7) is 0.328. The van der Waals surface area contributed by atoms with E-state index in [0.717, 1.165) is 4.90 Å². The summed E-state index contributed by atoms with van der Waals surface area (Å²) in [6, 6.07) is 6.98. The molecular formula is C10H13NO2S. The standard InChI is InChI=1S/C10H13NO2S/c1-11(6-7-12)10(13)8-2-4-9(14)5-3-8/h2-5,12,14H,6-7H2,1H3. The fourth-order valence-electron chi connectivity index (χ4n) is 1.08. The van der Waals surface area contributed by atoms with E-state index >= 15 is 0 Å². The number of amides is 1. The Kier molecular flexibility index (Phi) is 3.98. The Balaban J connectivity index is 2.74. The van der Waals surface area contributed by atoms with E-state index in [2.05, 4.69) is 12.6 Å². The number of thiol groups is 1. The molecule has 1 amide bonds. The first kappa shape index (κ1) is 11.1. The summed E-state index contributed by atoms with van der Waals surface area (Å²) in [6.07, 6.45) is 0. The van der Waals surface area contributed by atoms with E-state index in [-0.39, 0.29) is 12.5 Å². The highest BCUT2D eigenvalue weighted by atomic mass is 32.1. The van der Waals surface area contributed by atoms with Crippen molar-refractivity contribution in [3.8, 4) is 0 Å². The van der Waals surface area contributed by atoms with Gasteiger partial charge in [0.15, 0.2) is 0 Å². The van der Waals surface area contributed by atoms with Gasteiger partial charge in [-0.3, -0.25) is 4.79 Å². The van der Waals surface area contributed by atoms with Crippen molar-refractivity contribution in [2.75, 3.05) is 20.2 Å². The normalized spacial score (nSPS) is 9.93. The average Bonchev–Trinajstić information content (AvgIpc) is 2.18. The molecule has 1 rings (SSSR count). The number of rotatable bonds is 3. The smallest absolute Gasteiger partial charge is 0.253 e. The third-order valence-corrected chi connectivity index (χ3v) is 2.19. The van der Waals surface area contributed by atoms with Crippen LogP contribution in [0.1, 0.15) is 10.4 Å². The van der Waals surface area contributed by atoms with Crippen LogP contribution in [-0.2, 0) is 0 Å². The van der Waals surface area contributed by atoms with Crippen molar-refractivity contribution < 1.29 is 9.90 Å². The van der Waals surface area contributed by atoms with Crippen LogP contribution in [0.3, 0.4) is 0 Å². The van der Waals surface area contributed by atoms with Crippen LogP contribution in [0.2, 0.25) is 0 Å². The van der Waals surface area contributed by atoms with E-state index in [9.17, 15) is 4.79 Å². The maximum atomic E-state index is 11.6. The van der Waals surface area contributed by atoms with Gasteiger partial charge in [-0.2, -0.15) is 0 Å². The predicted molar refractivity (Wildman–Crippen MR) is 57.7 cm³/mol. The second-order valence-electron chi connectivity index (χ2n) is 3.00. The Morgan fingerprint density at radius 3 is 2.50 bits per heavy atom. The van der Waals surface area contributed by atoms with Crippen molar-refractivity contribution in [3.05, 3.63) is 29.8 Å². The van der Waals surface area contributed by atoms with E-state index in [1.165, 1.54) is 4.90 Å². The molecular weight excluding hydrogens is 198 g/mol. The van der Waals surface area contributed by atoms with E-state index in [4.69, 9.17) is 5.11 Å². The van der Waals surface area contributed by atoms with Gasteiger partial charge in [0.25, 0.3) is 5.91 Å². The quantitative estimate of drug-likeness (QED) is 0.733. The number of hydrogen-bond donors (Lipinski definition) is 2. The molecule has 1 aromatic rings. The Bertz CT molecular complexity index is 310. The SMILES string of the molecule is CN(CCO)C(=O)c1ccc(S)cc1. The van der Waals surface area contributed by atoms with E-state index in [0.29, 0.717) is 12.1 Å². The van der Waals surface area contributed by atoms with Crippen LogP contribution in [-0.4, -0.2) is 36.1 Å². The van der Waals surface area contributed by atoms with Crippen molar-refractivity contribution in [3.63, 3.8) is 0 Å². The molecule has 0 bridgehead atoms. The molecule has 0 radical (unpaired) electrons. The van der Waals surface area contributed by atoms with Crippen molar-refractivity contribution in [2.45, 2.75) is 4.90 Å². The van der Waals surface area contributed by atoms with Crippen LogP contribution in [0.5, 0.6) is 0 Å². The largest absolute Gasteiger partial charge is 0.395 e. The topological polar surface area (TPSA) is 40.5 Å². The van der Waals surface area contributed by atoms with Crippen molar-refractivity contribution >= 4 is 18.5 Å². The number of aliphatic hydroxyl groups is 1. The van der Waals surface area contributed by atoms with Crippen LogP contribution < -0.4 is 0 Å². The molecule has 0 aliphatic rings. The molecule has 3 nitrogen and oxygen atoms in total. The van der Waals surface area contributed by atoms with Crippen molar-refractivity contribution in [1.29, 1.82) is 0 Å². The average molecular weight is 211 g/mol. The van der Waals surface area contributed by atoms with Gasteiger partial charge in [-0.1, -0.05) is 0 Å². The highest BCUT2D eigenvalue weighted by molar-refractivity contribution is 7.80. The van der Waals surface area contributed by atoms with Crippen LogP contribution in [0.25, 0.3) is 0 Å². The van der Waals surface area contributed by atoms with Gasteiger partial charge in [0.2, 0.25) is 0 Å². The highest BCUT2D eigenvalue weighted by Crippen LogP contribution is 2.09. The molecule has 0 aromatic heterocycles. The second-order valence-corrected chi connectivity index (χ2v) is 3.51. The monoisotopic (exact) mass is 211 g/mol. The molecule has 14 heavy (non-hydrogen) atoms. The van der Waals surface area contributed by atoms with Crippen LogP contribution in [0, 0.1) is 0 Å². The Morgan fingerprint density at radius 2 is 2.00 bits per heavy atom. The summed E-state index contributed by atoms with van der Waals surface area (Å²) in [5, 5.41) is 8.67. The third kappa shape index (κ3) is 2.75. The zero-order valence-corrected chi connectivity index (χ0v) is 8.87. The van der Waals surface area contributed by atoms with E-state index in [1.807, 2.05) is 0 Å². The number of hydrogen-bond acceptors (Lipinski definition) is 3. The first-order valence-corrected chi connectivity index (χ1v) is 4.75. The fraction of sp³-hybridized carbons (Fsp3) is 0.300. The third-order valence-electron chi connectivity index (χ3n) is 1.90. The minimum absolute atomic E-state index is 0.0209. The highest BCUT2D eigenvalue weighted by Gasteiger charge is 2.09. The lowest BCUT2D eigenvalue weighted by Crippen LogP contribution is -2.29. The number of carbonyl (C=O) groups is 1. The maximum Gasteiger partial charge on any atom is 0.253 e. The zero-order valence-electron chi connectivity index (χ0n) is 7.97. The van der Waals surface area contributed by atoms with Gasteiger partial charge in [0, 0.05) is 24.1 Å². The number of nitrogens with zero attached hydrogens (tertiary/aromatic N) is 1. The molecule has 0 aliphatic carbocycles. The van der Waals surface area contributed by atoms with Crippen LogP contribution in [0.15, 0.2) is 29.2 Å². The second kappa shape index (κ2) is 5.02. The summed E-state index contributed by atoms with van der Waals surface area (Å²) in [5.41, 5.74) is 0.610. The molecule has 0 fully saturated rings. The Hall–Kier alpha value is -1.00.